The molecule has 2 aliphatic rings. The van der Waals surface area contributed by atoms with Crippen LogP contribution in [0.1, 0.15) is 46.1 Å². The average Bonchev–Trinajstić information content (AvgIpc) is 2.99. The van der Waals surface area contributed by atoms with Crippen LogP contribution in [0.25, 0.3) is 0 Å². The van der Waals surface area contributed by atoms with Crippen LogP contribution >= 0.6 is 0 Å². The van der Waals surface area contributed by atoms with Crippen LogP contribution in [0.5, 0.6) is 0 Å². The van der Waals surface area contributed by atoms with E-state index in [0.29, 0.717) is 0 Å². The van der Waals surface area contributed by atoms with Gasteiger partial charge in [-0.1, -0.05) is 6.07 Å². The van der Waals surface area contributed by atoms with Crippen LogP contribution in [0.4, 0.5) is 4.39 Å². The lowest BCUT2D eigenvalue weighted by Gasteiger charge is -2.32. The fourth-order valence-electron chi connectivity index (χ4n) is 3.08. The Kier molecular flexibility index (Phi) is 4.08. The fourth-order valence-corrected chi connectivity index (χ4v) is 3.08. The number of rotatable bonds is 3. The predicted octanol–water partition coefficient (Wildman–Crippen LogP) is 2.72. The van der Waals surface area contributed by atoms with Gasteiger partial charge in [-0.05, 0) is 76.8 Å². The van der Waals surface area contributed by atoms with Crippen molar-refractivity contribution in [3.63, 3.8) is 0 Å². The normalized spacial score (nSPS) is 24.1. The Morgan fingerprint density at radius 3 is 2.27 bits per heavy atom. The molecule has 0 spiro atoms. The van der Waals surface area contributed by atoms with E-state index in [4.69, 9.17) is 9.31 Å². The maximum Gasteiger partial charge on any atom is 0.495 e. The van der Waals surface area contributed by atoms with Crippen molar-refractivity contribution < 1.29 is 13.7 Å². The van der Waals surface area contributed by atoms with Crippen molar-refractivity contribution in [2.24, 2.45) is 0 Å². The molecule has 3 rings (SSSR count). The summed E-state index contributed by atoms with van der Waals surface area (Å²) in [6.45, 7) is 11.1. The van der Waals surface area contributed by atoms with Crippen LogP contribution in [0, 0.1) is 5.82 Å². The molecule has 0 unspecified atom stereocenters. The van der Waals surface area contributed by atoms with E-state index < -0.39 is 18.3 Å². The smallest absolute Gasteiger partial charge is 0.399 e. The summed E-state index contributed by atoms with van der Waals surface area (Å²) in [6, 6.07) is 4.96. The van der Waals surface area contributed by atoms with Crippen LogP contribution in [0.15, 0.2) is 18.2 Å². The van der Waals surface area contributed by atoms with Crippen molar-refractivity contribution in [3.8, 4) is 0 Å². The summed E-state index contributed by atoms with van der Waals surface area (Å²) in [6.07, 6.45) is 2.49. The second kappa shape index (κ2) is 5.62. The largest absolute Gasteiger partial charge is 0.495 e. The number of benzene rings is 1. The number of likely N-dealkylation sites (tertiary alicyclic amines) is 1. The average molecular weight is 305 g/mol. The third-order valence-corrected chi connectivity index (χ3v) is 5.21. The van der Waals surface area contributed by atoms with Crippen molar-refractivity contribution in [2.45, 2.75) is 58.3 Å². The molecule has 0 bridgehead atoms. The number of nitrogens with zero attached hydrogens (tertiary/aromatic N) is 1. The van der Waals surface area contributed by atoms with Crippen LogP contribution in [-0.2, 0) is 15.9 Å². The van der Waals surface area contributed by atoms with Gasteiger partial charge in [0, 0.05) is 6.54 Å². The van der Waals surface area contributed by atoms with Gasteiger partial charge in [-0.15, -0.1) is 0 Å². The van der Waals surface area contributed by atoms with E-state index in [-0.39, 0.29) is 5.82 Å². The molecule has 2 aliphatic heterocycles. The van der Waals surface area contributed by atoms with Crippen molar-refractivity contribution >= 4 is 12.6 Å². The molecule has 0 aromatic heterocycles. The summed E-state index contributed by atoms with van der Waals surface area (Å²) in [4.78, 5) is 2.40. The summed E-state index contributed by atoms with van der Waals surface area (Å²) in [5.74, 6) is -0.241. The molecule has 3 nitrogen and oxygen atoms in total. The van der Waals surface area contributed by atoms with Gasteiger partial charge in [0.15, 0.2) is 0 Å². The zero-order valence-electron chi connectivity index (χ0n) is 14.0. The molecule has 2 saturated heterocycles. The topological polar surface area (TPSA) is 21.7 Å². The maximum absolute atomic E-state index is 13.8. The summed E-state index contributed by atoms with van der Waals surface area (Å²) >= 11 is 0. The molecule has 0 amide bonds. The van der Waals surface area contributed by atoms with Gasteiger partial charge >= 0.3 is 7.12 Å². The van der Waals surface area contributed by atoms with E-state index >= 15 is 0 Å². The molecular formula is C17H25BFNO2. The minimum absolute atomic E-state index is 0.241. The molecule has 2 heterocycles. The highest BCUT2D eigenvalue weighted by Crippen LogP contribution is 2.36. The van der Waals surface area contributed by atoms with Crippen molar-refractivity contribution in [3.05, 3.63) is 29.6 Å². The van der Waals surface area contributed by atoms with Crippen molar-refractivity contribution in [2.75, 3.05) is 13.1 Å². The van der Waals surface area contributed by atoms with Gasteiger partial charge in [-0.25, -0.2) is 4.39 Å². The Balaban J connectivity index is 1.88. The zero-order chi connectivity index (χ0) is 16.0. The van der Waals surface area contributed by atoms with Crippen molar-refractivity contribution in [1.29, 1.82) is 0 Å². The first kappa shape index (κ1) is 16.0. The minimum Gasteiger partial charge on any atom is -0.399 e. The molecule has 0 atom stereocenters. The van der Waals surface area contributed by atoms with Crippen LogP contribution in [0.3, 0.4) is 0 Å². The monoisotopic (exact) mass is 305 g/mol. The van der Waals surface area contributed by atoms with Crippen LogP contribution < -0.4 is 5.46 Å². The molecule has 0 radical (unpaired) electrons. The molecule has 5 heteroatoms. The first-order valence-corrected chi connectivity index (χ1v) is 8.15. The highest BCUT2D eigenvalue weighted by atomic mass is 19.1. The van der Waals surface area contributed by atoms with E-state index in [1.165, 1.54) is 18.9 Å². The second-order valence-electron chi connectivity index (χ2n) is 7.41. The third-order valence-electron chi connectivity index (χ3n) is 5.21. The summed E-state index contributed by atoms with van der Waals surface area (Å²) in [5, 5.41) is 0. The molecule has 1 aromatic rings. The van der Waals surface area contributed by atoms with Gasteiger partial charge in [0.2, 0.25) is 0 Å². The standard InChI is InChI=1S/C17H25BFNO2/c1-16(2)17(3,4)22-18(21-16)15-11-14(19)8-7-13(15)12-20-9-5-6-10-20/h7-8,11H,5-6,9-10,12H2,1-4H3. The van der Waals surface area contributed by atoms with Gasteiger partial charge in [-0.3, -0.25) is 4.90 Å². The van der Waals surface area contributed by atoms with E-state index in [1.807, 2.05) is 33.8 Å². The van der Waals surface area contributed by atoms with Gasteiger partial charge in [0.05, 0.1) is 11.2 Å². The Morgan fingerprint density at radius 1 is 1.09 bits per heavy atom. The first-order chi connectivity index (χ1) is 10.3. The lowest BCUT2D eigenvalue weighted by atomic mass is 9.75. The fraction of sp³-hybridized carbons (Fsp3) is 0.647. The van der Waals surface area contributed by atoms with E-state index in [2.05, 4.69) is 4.90 Å². The minimum atomic E-state index is -0.502. The molecule has 2 fully saturated rings. The Hall–Kier alpha value is -0.905. The van der Waals surface area contributed by atoms with Gasteiger partial charge in [0.25, 0.3) is 0 Å². The highest BCUT2D eigenvalue weighted by molar-refractivity contribution is 6.62. The van der Waals surface area contributed by atoms with E-state index in [0.717, 1.165) is 30.7 Å². The molecule has 0 aliphatic carbocycles. The Labute approximate surface area is 132 Å². The molecular weight excluding hydrogens is 280 g/mol. The van der Waals surface area contributed by atoms with Crippen LogP contribution in [-0.4, -0.2) is 36.3 Å². The van der Waals surface area contributed by atoms with E-state index in [9.17, 15) is 4.39 Å². The third kappa shape index (κ3) is 2.94. The quantitative estimate of drug-likeness (QED) is 0.802. The molecule has 1 aromatic carbocycles. The molecule has 0 saturated carbocycles. The van der Waals surface area contributed by atoms with Crippen LogP contribution in [0.2, 0.25) is 0 Å². The Morgan fingerprint density at radius 2 is 1.68 bits per heavy atom. The number of halogens is 1. The highest BCUT2D eigenvalue weighted by Gasteiger charge is 2.52. The maximum atomic E-state index is 13.8. The summed E-state index contributed by atoms with van der Waals surface area (Å²) in [5.41, 5.74) is 1.11. The predicted molar refractivity (Wildman–Crippen MR) is 86.6 cm³/mol. The summed E-state index contributed by atoms with van der Waals surface area (Å²) in [7, 11) is -0.502. The second-order valence-corrected chi connectivity index (χ2v) is 7.41. The SMILES string of the molecule is CC1(C)OB(c2cc(F)ccc2CN2CCCC2)OC1(C)C. The lowest BCUT2D eigenvalue weighted by Crippen LogP contribution is -2.41. The molecule has 120 valence electrons. The number of hydrogen-bond acceptors (Lipinski definition) is 3. The zero-order valence-corrected chi connectivity index (χ0v) is 14.0. The van der Waals surface area contributed by atoms with E-state index in [1.54, 1.807) is 6.07 Å². The van der Waals surface area contributed by atoms with Gasteiger partial charge < -0.3 is 9.31 Å². The lowest BCUT2D eigenvalue weighted by molar-refractivity contribution is 0.00578. The van der Waals surface area contributed by atoms with Gasteiger partial charge in [-0.2, -0.15) is 0 Å². The van der Waals surface area contributed by atoms with Gasteiger partial charge in [0.1, 0.15) is 5.82 Å². The Bertz CT molecular complexity index is 540. The molecule has 22 heavy (non-hydrogen) atoms. The number of hydrogen-bond donors (Lipinski definition) is 0. The van der Waals surface area contributed by atoms with Crippen molar-refractivity contribution in [1.82, 2.24) is 4.90 Å². The molecule has 0 N–H and O–H groups in total. The first-order valence-electron chi connectivity index (χ1n) is 8.15. The summed E-state index contributed by atoms with van der Waals surface area (Å²) < 4.78 is 26.0.